The number of carboxylic acid groups (broad SMARTS) is 1. The van der Waals surface area contributed by atoms with E-state index in [0.29, 0.717) is 5.56 Å². The van der Waals surface area contributed by atoms with Gasteiger partial charge in [-0.25, -0.2) is 0 Å². The van der Waals surface area contributed by atoms with Gasteiger partial charge in [0.25, 0.3) is 0 Å². The average molecular weight is 278 g/mol. The molecule has 0 aliphatic carbocycles. The number of carboxylic acids is 1. The molecule has 0 aliphatic rings. The van der Waals surface area contributed by atoms with Crippen molar-refractivity contribution in [1.29, 1.82) is 0 Å². The van der Waals surface area contributed by atoms with Gasteiger partial charge in [0, 0.05) is 0 Å². The van der Waals surface area contributed by atoms with Gasteiger partial charge in [-0.1, -0.05) is 36.4 Å². The van der Waals surface area contributed by atoms with Crippen molar-refractivity contribution in [1.82, 2.24) is 0 Å². The Bertz CT molecular complexity index is 594. The maximum absolute atomic E-state index is 12.1. The van der Waals surface area contributed by atoms with E-state index in [-0.39, 0.29) is 12.2 Å². The molecule has 0 spiro atoms. The number of rotatable bonds is 5. The van der Waals surface area contributed by atoms with Gasteiger partial charge in [-0.15, -0.1) is 0 Å². The minimum atomic E-state index is -2.86. The van der Waals surface area contributed by atoms with Crippen LogP contribution in [0, 0.1) is 0 Å². The van der Waals surface area contributed by atoms with Crippen LogP contribution in [-0.2, 0) is 11.2 Å². The van der Waals surface area contributed by atoms with E-state index < -0.39 is 12.6 Å². The molecular weight excluding hydrogens is 266 g/mol. The first kappa shape index (κ1) is 14.0. The Balaban J connectivity index is 2.29. The molecule has 0 saturated carbocycles. The fourth-order valence-corrected chi connectivity index (χ4v) is 1.93. The Hall–Kier alpha value is -2.43. The van der Waals surface area contributed by atoms with Gasteiger partial charge in [-0.3, -0.25) is 4.79 Å². The Morgan fingerprint density at radius 2 is 1.75 bits per heavy atom. The molecule has 0 amide bonds. The lowest BCUT2D eigenvalue weighted by Gasteiger charge is -2.09. The molecule has 0 unspecified atom stereocenters. The first-order chi connectivity index (χ1) is 9.56. The number of ether oxygens (including phenoxy) is 1. The highest BCUT2D eigenvalue weighted by molar-refractivity contribution is 5.76. The van der Waals surface area contributed by atoms with Crippen LogP contribution in [-0.4, -0.2) is 17.7 Å². The minimum Gasteiger partial charge on any atom is -0.481 e. The molecule has 3 nitrogen and oxygen atoms in total. The van der Waals surface area contributed by atoms with Crippen molar-refractivity contribution in [3.8, 4) is 16.9 Å². The molecule has 0 aromatic heterocycles. The van der Waals surface area contributed by atoms with Crippen LogP contribution >= 0.6 is 0 Å². The summed E-state index contributed by atoms with van der Waals surface area (Å²) in [4.78, 5) is 10.8. The molecule has 104 valence electrons. The van der Waals surface area contributed by atoms with E-state index in [1.807, 2.05) is 0 Å². The van der Waals surface area contributed by atoms with Crippen LogP contribution < -0.4 is 4.74 Å². The average Bonchev–Trinajstić information content (AvgIpc) is 2.39. The van der Waals surface area contributed by atoms with E-state index in [1.54, 1.807) is 36.4 Å². The third kappa shape index (κ3) is 3.54. The van der Waals surface area contributed by atoms with Crippen molar-refractivity contribution in [2.24, 2.45) is 0 Å². The molecular formula is C15H12F2O3. The van der Waals surface area contributed by atoms with Gasteiger partial charge in [-0.05, 0) is 28.8 Å². The van der Waals surface area contributed by atoms with Crippen LogP contribution in [0.1, 0.15) is 5.56 Å². The molecule has 0 aliphatic heterocycles. The molecule has 0 fully saturated rings. The van der Waals surface area contributed by atoms with Gasteiger partial charge < -0.3 is 9.84 Å². The van der Waals surface area contributed by atoms with Gasteiger partial charge >= 0.3 is 12.6 Å². The monoisotopic (exact) mass is 278 g/mol. The maximum atomic E-state index is 12.1. The summed E-state index contributed by atoms with van der Waals surface area (Å²) in [6.07, 6.45) is -0.0918. The first-order valence-corrected chi connectivity index (χ1v) is 5.91. The fourth-order valence-electron chi connectivity index (χ4n) is 1.93. The molecule has 2 aromatic carbocycles. The van der Waals surface area contributed by atoms with Crippen LogP contribution in [0.25, 0.3) is 11.1 Å². The molecule has 1 N–H and O–H groups in total. The standard InChI is InChI=1S/C15H12F2O3/c16-15(17)20-12-7-5-10(6-8-12)13-4-2-1-3-11(13)9-14(18)19/h1-8,15H,9H2,(H,18,19). The maximum Gasteiger partial charge on any atom is 0.387 e. The van der Waals surface area contributed by atoms with Crippen molar-refractivity contribution < 1.29 is 23.4 Å². The topological polar surface area (TPSA) is 46.5 Å². The summed E-state index contributed by atoms with van der Waals surface area (Å²) in [6.45, 7) is -2.86. The smallest absolute Gasteiger partial charge is 0.387 e. The lowest BCUT2D eigenvalue weighted by Crippen LogP contribution is -2.02. The van der Waals surface area contributed by atoms with Gasteiger partial charge in [0.15, 0.2) is 0 Å². The molecule has 0 heterocycles. The second kappa shape index (κ2) is 6.14. The zero-order valence-electron chi connectivity index (χ0n) is 10.4. The third-order valence-electron chi connectivity index (χ3n) is 2.75. The number of carbonyl (C=O) groups is 1. The van der Waals surface area contributed by atoms with E-state index in [9.17, 15) is 13.6 Å². The number of aliphatic carboxylic acids is 1. The van der Waals surface area contributed by atoms with Crippen molar-refractivity contribution in [2.45, 2.75) is 13.0 Å². The summed E-state index contributed by atoms with van der Waals surface area (Å²) in [5.74, 6) is -0.852. The Morgan fingerprint density at radius 1 is 1.10 bits per heavy atom. The third-order valence-corrected chi connectivity index (χ3v) is 2.75. The summed E-state index contributed by atoms with van der Waals surface area (Å²) in [5.41, 5.74) is 2.18. The Labute approximate surface area is 114 Å². The van der Waals surface area contributed by atoms with Crippen LogP contribution in [0.2, 0.25) is 0 Å². The highest BCUT2D eigenvalue weighted by Crippen LogP contribution is 2.26. The number of halogens is 2. The van der Waals surface area contributed by atoms with E-state index in [1.165, 1.54) is 12.1 Å². The predicted octanol–water partition coefficient (Wildman–Crippen LogP) is 3.58. The molecule has 0 atom stereocenters. The molecule has 20 heavy (non-hydrogen) atoms. The largest absolute Gasteiger partial charge is 0.481 e. The SMILES string of the molecule is O=C(O)Cc1ccccc1-c1ccc(OC(F)F)cc1. The van der Waals surface area contributed by atoms with E-state index in [4.69, 9.17) is 5.11 Å². The lowest BCUT2D eigenvalue weighted by molar-refractivity contribution is -0.136. The van der Waals surface area contributed by atoms with E-state index in [2.05, 4.69) is 4.74 Å². The second-order valence-corrected chi connectivity index (χ2v) is 4.13. The van der Waals surface area contributed by atoms with Gasteiger partial charge in [0.1, 0.15) is 5.75 Å². The first-order valence-electron chi connectivity index (χ1n) is 5.91. The molecule has 0 bridgehead atoms. The molecule has 0 saturated heterocycles. The predicted molar refractivity (Wildman–Crippen MR) is 69.8 cm³/mol. The van der Waals surface area contributed by atoms with Gasteiger partial charge in [0.05, 0.1) is 6.42 Å². The van der Waals surface area contributed by atoms with E-state index in [0.717, 1.165) is 11.1 Å². The van der Waals surface area contributed by atoms with Crippen molar-refractivity contribution >= 4 is 5.97 Å². The highest BCUT2D eigenvalue weighted by Gasteiger charge is 2.09. The quantitative estimate of drug-likeness (QED) is 0.909. The fraction of sp³-hybridized carbons (Fsp3) is 0.133. The molecule has 2 aromatic rings. The number of alkyl halides is 2. The number of hydrogen-bond acceptors (Lipinski definition) is 2. The van der Waals surface area contributed by atoms with Gasteiger partial charge in [0.2, 0.25) is 0 Å². The van der Waals surface area contributed by atoms with Crippen LogP contribution in [0.4, 0.5) is 8.78 Å². The molecule has 2 rings (SSSR count). The van der Waals surface area contributed by atoms with Crippen molar-refractivity contribution in [2.75, 3.05) is 0 Å². The Morgan fingerprint density at radius 3 is 2.35 bits per heavy atom. The van der Waals surface area contributed by atoms with E-state index >= 15 is 0 Å². The Kier molecular flexibility index (Phi) is 4.30. The minimum absolute atomic E-state index is 0.0689. The zero-order chi connectivity index (χ0) is 14.5. The summed E-state index contributed by atoms with van der Waals surface area (Å²) in [5, 5.41) is 8.88. The number of hydrogen-bond donors (Lipinski definition) is 1. The normalized spacial score (nSPS) is 10.6. The van der Waals surface area contributed by atoms with Crippen molar-refractivity contribution in [3.05, 3.63) is 54.1 Å². The second-order valence-electron chi connectivity index (χ2n) is 4.13. The van der Waals surface area contributed by atoms with Crippen LogP contribution in [0.15, 0.2) is 48.5 Å². The lowest BCUT2D eigenvalue weighted by atomic mass is 9.98. The summed E-state index contributed by atoms with van der Waals surface area (Å²) < 4.78 is 28.4. The molecule has 0 radical (unpaired) electrons. The highest BCUT2D eigenvalue weighted by atomic mass is 19.3. The summed E-state index contributed by atoms with van der Waals surface area (Å²) in [6, 6.07) is 13.2. The van der Waals surface area contributed by atoms with Gasteiger partial charge in [-0.2, -0.15) is 8.78 Å². The zero-order valence-corrected chi connectivity index (χ0v) is 10.4. The van der Waals surface area contributed by atoms with Crippen LogP contribution in [0.3, 0.4) is 0 Å². The number of benzene rings is 2. The van der Waals surface area contributed by atoms with Crippen molar-refractivity contribution in [3.63, 3.8) is 0 Å². The summed E-state index contributed by atoms with van der Waals surface area (Å²) >= 11 is 0. The molecule has 5 heteroatoms. The summed E-state index contributed by atoms with van der Waals surface area (Å²) in [7, 11) is 0. The van der Waals surface area contributed by atoms with Crippen LogP contribution in [0.5, 0.6) is 5.75 Å².